The Balaban J connectivity index is 1.73. The Morgan fingerprint density at radius 1 is 0.857 bits per heavy atom. The highest BCUT2D eigenvalue weighted by Gasteiger charge is 2.23. The fourth-order valence-corrected chi connectivity index (χ4v) is 2.23. The zero-order chi connectivity index (χ0) is 14.8. The highest BCUT2D eigenvalue weighted by Crippen LogP contribution is 2.21. The molecule has 110 valence electrons. The van der Waals surface area contributed by atoms with Gasteiger partial charge in [-0.3, -0.25) is 0 Å². The lowest BCUT2D eigenvalue weighted by molar-refractivity contribution is 0.461. The molecule has 3 rings (SSSR count). The monoisotopic (exact) mass is 295 g/mol. The van der Waals surface area contributed by atoms with Crippen molar-refractivity contribution in [2.75, 3.05) is 36.0 Å². The number of piperazine rings is 1. The van der Waals surface area contributed by atoms with Crippen molar-refractivity contribution in [3.05, 3.63) is 42.1 Å². The minimum Gasteiger partial charge on any atom is -0.351 e. The van der Waals surface area contributed by atoms with Crippen LogP contribution in [-0.4, -0.2) is 41.1 Å². The molecule has 1 saturated heterocycles. The molecule has 1 fully saturated rings. The number of halogens is 3. The molecular formula is C13H12F3N5. The Bertz CT molecular complexity index is 629. The molecule has 0 amide bonds. The SMILES string of the molecule is Fc1cc(F)c(N2CCN(c3ncccn3)CC2)nc1F. The van der Waals surface area contributed by atoms with E-state index in [0.29, 0.717) is 38.2 Å². The normalized spacial score (nSPS) is 15.4. The van der Waals surface area contributed by atoms with Crippen LogP contribution in [0.5, 0.6) is 0 Å². The van der Waals surface area contributed by atoms with Crippen molar-refractivity contribution in [3.63, 3.8) is 0 Å². The molecule has 2 aromatic rings. The molecule has 21 heavy (non-hydrogen) atoms. The molecule has 0 unspecified atom stereocenters. The van der Waals surface area contributed by atoms with E-state index in [1.165, 1.54) is 0 Å². The van der Waals surface area contributed by atoms with E-state index in [1.54, 1.807) is 23.4 Å². The number of aromatic nitrogens is 3. The van der Waals surface area contributed by atoms with Crippen LogP contribution in [0.1, 0.15) is 0 Å². The molecule has 0 saturated carbocycles. The molecule has 2 aromatic heterocycles. The van der Waals surface area contributed by atoms with Crippen LogP contribution in [0, 0.1) is 17.6 Å². The molecule has 0 radical (unpaired) electrons. The van der Waals surface area contributed by atoms with Gasteiger partial charge in [-0.25, -0.2) is 18.7 Å². The van der Waals surface area contributed by atoms with Crippen molar-refractivity contribution in [2.45, 2.75) is 0 Å². The maximum atomic E-state index is 13.7. The van der Waals surface area contributed by atoms with E-state index < -0.39 is 17.6 Å². The van der Waals surface area contributed by atoms with Gasteiger partial charge in [0.25, 0.3) is 5.95 Å². The zero-order valence-corrected chi connectivity index (χ0v) is 11.0. The van der Waals surface area contributed by atoms with Crippen molar-refractivity contribution < 1.29 is 13.2 Å². The van der Waals surface area contributed by atoms with Gasteiger partial charge in [0.15, 0.2) is 17.5 Å². The Morgan fingerprint density at radius 3 is 2.14 bits per heavy atom. The zero-order valence-electron chi connectivity index (χ0n) is 11.0. The summed E-state index contributed by atoms with van der Waals surface area (Å²) >= 11 is 0. The standard InChI is InChI=1S/C13H12F3N5/c14-9-8-10(15)12(19-11(9)16)20-4-6-21(7-5-20)13-17-2-1-3-18-13/h1-3,8H,4-7H2. The smallest absolute Gasteiger partial charge is 0.251 e. The molecule has 0 aliphatic carbocycles. The van der Waals surface area contributed by atoms with Crippen LogP contribution in [0.15, 0.2) is 24.5 Å². The third-order valence-electron chi connectivity index (χ3n) is 3.28. The fourth-order valence-electron chi connectivity index (χ4n) is 2.23. The maximum Gasteiger partial charge on any atom is 0.251 e. The van der Waals surface area contributed by atoms with Crippen molar-refractivity contribution in [1.29, 1.82) is 0 Å². The predicted molar refractivity (Wildman–Crippen MR) is 70.6 cm³/mol. The van der Waals surface area contributed by atoms with E-state index in [9.17, 15) is 13.2 Å². The molecule has 1 aliphatic heterocycles. The van der Waals surface area contributed by atoms with Crippen molar-refractivity contribution in [2.24, 2.45) is 0 Å². The first kappa shape index (κ1) is 13.6. The summed E-state index contributed by atoms with van der Waals surface area (Å²) < 4.78 is 39.7. The second-order valence-corrected chi connectivity index (χ2v) is 4.59. The van der Waals surface area contributed by atoms with Crippen LogP contribution in [0.3, 0.4) is 0 Å². The molecule has 0 bridgehead atoms. The predicted octanol–water partition coefficient (Wildman–Crippen LogP) is 1.62. The highest BCUT2D eigenvalue weighted by atomic mass is 19.2. The van der Waals surface area contributed by atoms with E-state index in [-0.39, 0.29) is 5.82 Å². The van der Waals surface area contributed by atoms with Gasteiger partial charge in [-0.2, -0.15) is 9.37 Å². The van der Waals surface area contributed by atoms with Gasteiger partial charge in [0.2, 0.25) is 5.95 Å². The number of nitrogens with zero attached hydrogens (tertiary/aromatic N) is 5. The van der Waals surface area contributed by atoms with Gasteiger partial charge in [-0.15, -0.1) is 0 Å². The van der Waals surface area contributed by atoms with Gasteiger partial charge in [0.1, 0.15) is 0 Å². The van der Waals surface area contributed by atoms with Crippen LogP contribution in [0.25, 0.3) is 0 Å². The van der Waals surface area contributed by atoms with Gasteiger partial charge in [0, 0.05) is 44.6 Å². The molecule has 0 aromatic carbocycles. The fraction of sp³-hybridized carbons (Fsp3) is 0.308. The number of hydrogen-bond donors (Lipinski definition) is 0. The lowest BCUT2D eigenvalue weighted by atomic mass is 10.3. The van der Waals surface area contributed by atoms with E-state index in [0.717, 1.165) is 0 Å². The largest absolute Gasteiger partial charge is 0.351 e. The third kappa shape index (κ3) is 2.74. The minimum absolute atomic E-state index is 0.164. The average Bonchev–Trinajstić information content (AvgIpc) is 2.52. The van der Waals surface area contributed by atoms with Gasteiger partial charge in [0.05, 0.1) is 0 Å². The van der Waals surface area contributed by atoms with E-state index in [4.69, 9.17) is 0 Å². The summed E-state index contributed by atoms with van der Waals surface area (Å²) in [6, 6.07) is 2.24. The lowest BCUT2D eigenvalue weighted by Gasteiger charge is -2.35. The van der Waals surface area contributed by atoms with E-state index in [2.05, 4.69) is 15.0 Å². The minimum atomic E-state index is -1.29. The number of rotatable bonds is 2. The van der Waals surface area contributed by atoms with Crippen LogP contribution >= 0.6 is 0 Å². The molecule has 1 aliphatic rings. The molecule has 5 nitrogen and oxygen atoms in total. The van der Waals surface area contributed by atoms with Gasteiger partial charge < -0.3 is 9.80 Å². The van der Waals surface area contributed by atoms with Crippen molar-refractivity contribution in [3.8, 4) is 0 Å². The Hall–Kier alpha value is -2.38. The lowest BCUT2D eigenvalue weighted by Crippen LogP contribution is -2.47. The highest BCUT2D eigenvalue weighted by molar-refractivity contribution is 5.43. The summed E-state index contributed by atoms with van der Waals surface area (Å²) in [5.74, 6) is -3.01. The Labute approximate surface area is 119 Å². The number of hydrogen-bond acceptors (Lipinski definition) is 5. The molecule has 0 spiro atoms. The first-order valence-corrected chi connectivity index (χ1v) is 6.43. The van der Waals surface area contributed by atoms with Crippen LogP contribution in [0.2, 0.25) is 0 Å². The summed E-state index contributed by atoms with van der Waals surface area (Å²) in [6.45, 7) is 1.94. The average molecular weight is 295 g/mol. The number of anilines is 2. The Kier molecular flexibility index (Phi) is 3.59. The second-order valence-electron chi connectivity index (χ2n) is 4.59. The first-order valence-electron chi connectivity index (χ1n) is 6.43. The second kappa shape index (κ2) is 5.55. The van der Waals surface area contributed by atoms with Crippen LogP contribution < -0.4 is 9.80 Å². The quantitative estimate of drug-likeness (QED) is 0.788. The molecule has 3 heterocycles. The van der Waals surface area contributed by atoms with Crippen molar-refractivity contribution >= 4 is 11.8 Å². The summed E-state index contributed by atoms with van der Waals surface area (Å²) in [5, 5.41) is 0. The Morgan fingerprint density at radius 2 is 1.48 bits per heavy atom. The first-order chi connectivity index (χ1) is 10.1. The molecule has 0 N–H and O–H groups in total. The topological polar surface area (TPSA) is 45.2 Å². The van der Waals surface area contributed by atoms with Gasteiger partial charge in [-0.1, -0.05) is 0 Å². The molecule has 8 heteroatoms. The van der Waals surface area contributed by atoms with Gasteiger partial charge in [-0.05, 0) is 6.07 Å². The third-order valence-corrected chi connectivity index (χ3v) is 3.28. The van der Waals surface area contributed by atoms with Crippen LogP contribution in [-0.2, 0) is 0 Å². The number of pyridine rings is 1. The summed E-state index contributed by atoms with van der Waals surface area (Å²) in [7, 11) is 0. The maximum absolute atomic E-state index is 13.7. The molecular weight excluding hydrogens is 283 g/mol. The summed E-state index contributed by atoms with van der Waals surface area (Å²) in [5.41, 5.74) is 0. The summed E-state index contributed by atoms with van der Waals surface area (Å²) in [6.07, 6.45) is 3.29. The molecule has 0 atom stereocenters. The van der Waals surface area contributed by atoms with E-state index in [1.807, 2.05) is 4.90 Å². The summed E-state index contributed by atoms with van der Waals surface area (Å²) in [4.78, 5) is 15.2. The van der Waals surface area contributed by atoms with E-state index >= 15 is 0 Å². The van der Waals surface area contributed by atoms with Crippen LogP contribution in [0.4, 0.5) is 24.9 Å². The van der Waals surface area contributed by atoms with Gasteiger partial charge >= 0.3 is 0 Å². The van der Waals surface area contributed by atoms with Crippen molar-refractivity contribution in [1.82, 2.24) is 15.0 Å².